The van der Waals surface area contributed by atoms with Gasteiger partial charge in [-0.2, -0.15) is 5.10 Å². The van der Waals surface area contributed by atoms with Gasteiger partial charge in [0.15, 0.2) is 11.5 Å². The zero-order valence-corrected chi connectivity index (χ0v) is 12.4. The van der Waals surface area contributed by atoms with Crippen molar-refractivity contribution in [3.63, 3.8) is 0 Å². The number of methoxy groups -OCH3 is 2. The lowest BCUT2D eigenvalue weighted by atomic mass is 10.1. The van der Waals surface area contributed by atoms with Crippen LogP contribution in [0.3, 0.4) is 0 Å². The largest absolute Gasteiger partial charge is 0.493 e. The molecule has 1 N–H and O–H groups in total. The van der Waals surface area contributed by atoms with Crippen molar-refractivity contribution in [1.82, 2.24) is 15.1 Å². The average Bonchev–Trinajstić information content (AvgIpc) is 2.98. The van der Waals surface area contributed by atoms with Crippen molar-refractivity contribution in [2.75, 3.05) is 14.2 Å². The van der Waals surface area contributed by atoms with E-state index >= 15 is 0 Å². The quantitative estimate of drug-likeness (QED) is 0.879. The summed E-state index contributed by atoms with van der Waals surface area (Å²) in [5.41, 5.74) is 0.448. The van der Waals surface area contributed by atoms with Crippen molar-refractivity contribution in [2.24, 2.45) is 0 Å². The van der Waals surface area contributed by atoms with Crippen LogP contribution in [-0.4, -0.2) is 35.9 Å². The number of hydrogen-bond donors (Lipinski definition) is 1. The zero-order chi connectivity index (χ0) is 15.2. The van der Waals surface area contributed by atoms with E-state index < -0.39 is 0 Å². The van der Waals surface area contributed by atoms with Crippen LogP contribution in [-0.2, 0) is 6.54 Å². The summed E-state index contributed by atoms with van der Waals surface area (Å²) in [6, 6.07) is 7.00. The topological polar surface area (TPSA) is 65.4 Å². The number of nitrogens with one attached hydrogen (secondary N) is 1. The smallest absolute Gasteiger partial charge is 0.255 e. The van der Waals surface area contributed by atoms with Gasteiger partial charge in [-0.3, -0.25) is 9.48 Å². The SMILES string of the molecule is COc1cccc(C(=O)NC(C)Cn2cccn2)c1OC. The molecule has 0 aliphatic rings. The van der Waals surface area contributed by atoms with E-state index in [2.05, 4.69) is 10.4 Å². The fraction of sp³-hybridized carbons (Fsp3) is 0.333. The molecule has 112 valence electrons. The molecule has 1 heterocycles. The van der Waals surface area contributed by atoms with Crippen LogP contribution in [0.15, 0.2) is 36.7 Å². The first-order chi connectivity index (χ1) is 10.2. The Hall–Kier alpha value is -2.50. The normalized spacial score (nSPS) is 11.8. The van der Waals surface area contributed by atoms with Gasteiger partial charge >= 0.3 is 0 Å². The molecule has 2 aromatic rings. The molecule has 2 rings (SSSR count). The van der Waals surface area contributed by atoms with Crippen LogP contribution in [0, 0.1) is 0 Å². The number of amides is 1. The zero-order valence-electron chi connectivity index (χ0n) is 12.4. The molecule has 0 aliphatic heterocycles. The molecule has 6 nitrogen and oxygen atoms in total. The Morgan fingerprint density at radius 2 is 2.14 bits per heavy atom. The van der Waals surface area contributed by atoms with Gasteiger partial charge in [0.25, 0.3) is 5.91 Å². The maximum absolute atomic E-state index is 12.4. The number of para-hydroxylation sites is 1. The minimum Gasteiger partial charge on any atom is -0.493 e. The van der Waals surface area contributed by atoms with Gasteiger partial charge in [-0.25, -0.2) is 0 Å². The molecule has 1 aromatic heterocycles. The van der Waals surface area contributed by atoms with Crippen LogP contribution < -0.4 is 14.8 Å². The Morgan fingerprint density at radius 1 is 1.33 bits per heavy atom. The Bertz CT molecular complexity index is 596. The average molecular weight is 289 g/mol. The monoisotopic (exact) mass is 289 g/mol. The molecule has 0 radical (unpaired) electrons. The first-order valence-electron chi connectivity index (χ1n) is 6.65. The van der Waals surface area contributed by atoms with E-state index in [1.165, 1.54) is 7.11 Å². The fourth-order valence-corrected chi connectivity index (χ4v) is 2.10. The molecule has 1 aromatic carbocycles. The number of carbonyl (C=O) groups excluding carboxylic acids is 1. The van der Waals surface area contributed by atoms with Gasteiger partial charge in [-0.15, -0.1) is 0 Å². The third kappa shape index (κ3) is 3.53. The molecular formula is C15H19N3O3. The van der Waals surface area contributed by atoms with Gasteiger partial charge in [0, 0.05) is 18.4 Å². The summed E-state index contributed by atoms with van der Waals surface area (Å²) in [7, 11) is 3.06. The molecule has 0 spiro atoms. The highest BCUT2D eigenvalue weighted by molar-refractivity contribution is 5.97. The van der Waals surface area contributed by atoms with E-state index in [4.69, 9.17) is 9.47 Å². The van der Waals surface area contributed by atoms with Crippen LogP contribution in [0.5, 0.6) is 11.5 Å². The number of benzene rings is 1. The Morgan fingerprint density at radius 3 is 2.76 bits per heavy atom. The number of rotatable bonds is 6. The van der Waals surface area contributed by atoms with Gasteiger partial charge in [-0.1, -0.05) is 6.07 Å². The van der Waals surface area contributed by atoms with E-state index in [-0.39, 0.29) is 11.9 Å². The van der Waals surface area contributed by atoms with Gasteiger partial charge < -0.3 is 14.8 Å². The van der Waals surface area contributed by atoms with Crippen molar-refractivity contribution in [3.8, 4) is 11.5 Å². The highest BCUT2D eigenvalue weighted by atomic mass is 16.5. The Kier molecular flexibility index (Phi) is 4.81. The maximum atomic E-state index is 12.4. The van der Waals surface area contributed by atoms with Crippen molar-refractivity contribution in [2.45, 2.75) is 19.5 Å². The molecule has 1 amide bonds. The molecule has 1 unspecified atom stereocenters. The predicted octanol–water partition coefficient (Wildman–Crippen LogP) is 1.72. The first-order valence-corrected chi connectivity index (χ1v) is 6.65. The number of carbonyl (C=O) groups is 1. The van der Waals surface area contributed by atoms with Crippen molar-refractivity contribution < 1.29 is 14.3 Å². The standard InChI is InChI=1S/C15H19N3O3/c1-11(10-18-9-5-8-16-18)17-15(19)12-6-4-7-13(20-2)14(12)21-3/h4-9,11H,10H2,1-3H3,(H,17,19). The van der Waals surface area contributed by atoms with Gasteiger partial charge in [0.05, 0.1) is 26.3 Å². The lowest BCUT2D eigenvalue weighted by molar-refractivity contribution is 0.0932. The van der Waals surface area contributed by atoms with Crippen LogP contribution in [0.25, 0.3) is 0 Å². The molecule has 0 saturated heterocycles. The number of aromatic nitrogens is 2. The summed E-state index contributed by atoms with van der Waals surface area (Å²) in [6.07, 6.45) is 3.56. The maximum Gasteiger partial charge on any atom is 0.255 e. The lowest BCUT2D eigenvalue weighted by Crippen LogP contribution is -2.36. The van der Waals surface area contributed by atoms with Crippen molar-refractivity contribution in [3.05, 3.63) is 42.2 Å². The Labute approximate surface area is 123 Å². The van der Waals surface area contributed by atoms with Gasteiger partial charge in [0.1, 0.15) is 0 Å². The second-order valence-electron chi connectivity index (χ2n) is 4.64. The van der Waals surface area contributed by atoms with E-state index in [1.807, 2.05) is 19.2 Å². The van der Waals surface area contributed by atoms with E-state index in [0.29, 0.717) is 23.6 Å². The van der Waals surface area contributed by atoms with E-state index in [1.54, 1.807) is 36.2 Å². The number of ether oxygens (including phenoxy) is 2. The van der Waals surface area contributed by atoms with E-state index in [9.17, 15) is 4.79 Å². The van der Waals surface area contributed by atoms with Gasteiger partial charge in [0.2, 0.25) is 0 Å². The minimum atomic E-state index is -0.203. The highest BCUT2D eigenvalue weighted by Gasteiger charge is 2.18. The van der Waals surface area contributed by atoms with Crippen LogP contribution >= 0.6 is 0 Å². The van der Waals surface area contributed by atoms with Crippen LogP contribution in [0.4, 0.5) is 0 Å². The highest BCUT2D eigenvalue weighted by Crippen LogP contribution is 2.30. The molecule has 0 fully saturated rings. The molecule has 0 saturated carbocycles. The first kappa shape index (κ1) is 14.9. The molecule has 21 heavy (non-hydrogen) atoms. The molecule has 6 heteroatoms. The summed E-state index contributed by atoms with van der Waals surface area (Å²) in [4.78, 5) is 12.4. The molecule has 0 bridgehead atoms. The Balaban J connectivity index is 2.09. The van der Waals surface area contributed by atoms with Crippen LogP contribution in [0.2, 0.25) is 0 Å². The summed E-state index contributed by atoms with van der Waals surface area (Å²) in [6.45, 7) is 2.53. The van der Waals surface area contributed by atoms with E-state index in [0.717, 1.165) is 0 Å². The second-order valence-corrected chi connectivity index (χ2v) is 4.64. The number of nitrogens with zero attached hydrogens (tertiary/aromatic N) is 2. The third-order valence-corrected chi connectivity index (χ3v) is 3.05. The van der Waals surface area contributed by atoms with Crippen molar-refractivity contribution in [1.29, 1.82) is 0 Å². The molecule has 0 aliphatic carbocycles. The fourth-order valence-electron chi connectivity index (χ4n) is 2.10. The lowest BCUT2D eigenvalue weighted by Gasteiger charge is -2.16. The summed E-state index contributed by atoms with van der Waals surface area (Å²) in [5.74, 6) is 0.763. The second kappa shape index (κ2) is 6.78. The minimum absolute atomic E-state index is 0.0618. The molecule has 1 atom stereocenters. The number of hydrogen-bond acceptors (Lipinski definition) is 4. The third-order valence-electron chi connectivity index (χ3n) is 3.05. The van der Waals surface area contributed by atoms with Crippen LogP contribution in [0.1, 0.15) is 17.3 Å². The predicted molar refractivity (Wildman–Crippen MR) is 78.7 cm³/mol. The summed E-state index contributed by atoms with van der Waals surface area (Å²) >= 11 is 0. The summed E-state index contributed by atoms with van der Waals surface area (Å²) in [5, 5.41) is 7.04. The van der Waals surface area contributed by atoms with Gasteiger partial charge in [-0.05, 0) is 25.1 Å². The van der Waals surface area contributed by atoms with Crippen molar-refractivity contribution >= 4 is 5.91 Å². The summed E-state index contributed by atoms with van der Waals surface area (Å²) < 4.78 is 12.2. The molecular weight excluding hydrogens is 270 g/mol.